The Labute approximate surface area is 133 Å². The third-order valence-electron chi connectivity index (χ3n) is 3.47. The van der Waals surface area contributed by atoms with Crippen LogP contribution in [0, 0.1) is 6.92 Å². The SMILES string of the molecule is Cc1ccc(C2=C(Sc3ccccc3)C(=O)OC2(C)O)cc1. The summed E-state index contributed by atoms with van der Waals surface area (Å²) in [7, 11) is 0. The van der Waals surface area contributed by atoms with Crippen molar-refractivity contribution in [2.24, 2.45) is 0 Å². The van der Waals surface area contributed by atoms with Crippen molar-refractivity contribution >= 4 is 23.3 Å². The third kappa shape index (κ3) is 2.80. The lowest BCUT2D eigenvalue weighted by Crippen LogP contribution is -2.26. The summed E-state index contributed by atoms with van der Waals surface area (Å²) in [6.45, 7) is 3.49. The van der Waals surface area contributed by atoms with Gasteiger partial charge in [-0.3, -0.25) is 0 Å². The van der Waals surface area contributed by atoms with E-state index in [4.69, 9.17) is 4.74 Å². The second-order valence-electron chi connectivity index (χ2n) is 5.36. The fourth-order valence-corrected chi connectivity index (χ4v) is 3.47. The number of aryl methyl sites for hydroxylation is 1. The fourth-order valence-electron chi connectivity index (χ4n) is 2.41. The number of thioether (sulfide) groups is 1. The number of esters is 1. The molecule has 0 saturated heterocycles. The second-order valence-corrected chi connectivity index (χ2v) is 6.44. The molecular formula is C18H16O3S. The van der Waals surface area contributed by atoms with Gasteiger partial charge in [-0.15, -0.1) is 0 Å². The van der Waals surface area contributed by atoms with E-state index in [-0.39, 0.29) is 0 Å². The van der Waals surface area contributed by atoms with Gasteiger partial charge in [-0.25, -0.2) is 4.79 Å². The Bertz CT molecular complexity index is 731. The van der Waals surface area contributed by atoms with Crippen molar-refractivity contribution < 1.29 is 14.6 Å². The van der Waals surface area contributed by atoms with Crippen LogP contribution in [0.25, 0.3) is 5.57 Å². The molecule has 22 heavy (non-hydrogen) atoms. The van der Waals surface area contributed by atoms with E-state index in [9.17, 15) is 9.90 Å². The lowest BCUT2D eigenvalue weighted by Gasteiger charge is -2.19. The quantitative estimate of drug-likeness (QED) is 0.877. The average Bonchev–Trinajstić information content (AvgIpc) is 2.70. The predicted octanol–water partition coefficient (Wildman–Crippen LogP) is 3.76. The summed E-state index contributed by atoms with van der Waals surface area (Å²) < 4.78 is 5.15. The zero-order valence-corrected chi connectivity index (χ0v) is 13.2. The number of ether oxygens (including phenoxy) is 1. The number of carbonyl (C=O) groups is 1. The number of rotatable bonds is 3. The first kappa shape index (κ1) is 14.9. The highest BCUT2D eigenvalue weighted by atomic mass is 32.2. The third-order valence-corrected chi connectivity index (χ3v) is 4.55. The standard InChI is InChI=1S/C18H16O3S/c1-12-8-10-13(11-9-12)15-16(17(19)21-18(15,2)20)22-14-6-4-3-5-7-14/h3-11,20H,1-2H3. The van der Waals surface area contributed by atoms with Gasteiger partial charge in [0.25, 0.3) is 0 Å². The van der Waals surface area contributed by atoms with E-state index < -0.39 is 11.8 Å². The lowest BCUT2D eigenvalue weighted by molar-refractivity contribution is -0.170. The molecule has 0 aromatic heterocycles. The van der Waals surface area contributed by atoms with Gasteiger partial charge in [0, 0.05) is 11.8 Å². The molecule has 2 aromatic rings. The van der Waals surface area contributed by atoms with Crippen LogP contribution in [-0.4, -0.2) is 16.9 Å². The van der Waals surface area contributed by atoms with Gasteiger partial charge < -0.3 is 9.84 Å². The second kappa shape index (κ2) is 5.63. The molecule has 0 bridgehead atoms. The normalized spacial score (nSPS) is 21.1. The predicted molar refractivity (Wildman–Crippen MR) is 87.1 cm³/mol. The number of hydrogen-bond donors (Lipinski definition) is 1. The number of carbonyl (C=O) groups excluding carboxylic acids is 1. The van der Waals surface area contributed by atoms with Gasteiger partial charge in [0.05, 0.1) is 5.57 Å². The minimum absolute atomic E-state index is 0.431. The summed E-state index contributed by atoms with van der Waals surface area (Å²) in [5.74, 6) is -2.10. The molecule has 1 N–H and O–H groups in total. The summed E-state index contributed by atoms with van der Waals surface area (Å²) in [4.78, 5) is 13.5. The van der Waals surface area contributed by atoms with Crippen LogP contribution in [0.4, 0.5) is 0 Å². The van der Waals surface area contributed by atoms with E-state index >= 15 is 0 Å². The molecule has 3 nitrogen and oxygen atoms in total. The van der Waals surface area contributed by atoms with Gasteiger partial charge in [-0.05, 0) is 24.6 Å². The van der Waals surface area contributed by atoms with Crippen LogP contribution in [0.5, 0.6) is 0 Å². The van der Waals surface area contributed by atoms with Crippen LogP contribution in [0.1, 0.15) is 18.1 Å². The fraction of sp³-hybridized carbons (Fsp3) is 0.167. The van der Waals surface area contributed by atoms with Crippen LogP contribution < -0.4 is 0 Å². The van der Waals surface area contributed by atoms with Crippen molar-refractivity contribution in [3.05, 3.63) is 70.6 Å². The number of benzene rings is 2. The minimum Gasteiger partial charge on any atom is -0.425 e. The average molecular weight is 312 g/mol. The molecule has 0 radical (unpaired) electrons. The molecule has 3 rings (SSSR count). The van der Waals surface area contributed by atoms with E-state index in [1.165, 1.54) is 18.7 Å². The summed E-state index contributed by atoms with van der Waals surface area (Å²) in [5.41, 5.74) is 2.43. The first-order chi connectivity index (χ1) is 10.5. The molecule has 0 spiro atoms. The first-order valence-electron chi connectivity index (χ1n) is 6.98. The molecule has 1 heterocycles. The molecule has 0 aliphatic carbocycles. The van der Waals surface area contributed by atoms with E-state index in [2.05, 4.69) is 0 Å². The lowest BCUT2D eigenvalue weighted by atomic mass is 9.99. The maximum Gasteiger partial charge on any atom is 0.348 e. The van der Waals surface area contributed by atoms with Crippen LogP contribution in [0.3, 0.4) is 0 Å². The summed E-state index contributed by atoms with van der Waals surface area (Å²) in [6, 6.07) is 17.3. The summed E-state index contributed by atoms with van der Waals surface area (Å²) >= 11 is 1.31. The Hall–Kier alpha value is -2.04. The summed E-state index contributed by atoms with van der Waals surface area (Å²) in [5, 5.41) is 10.5. The van der Waals surface area contributed by atoms with Gasteiger partial charge in [-0.2, -0.15) is 0 Å². The van der Waals surface area contributed by atoms with Crippen LogP contribution in [-0.2, 0) is 9.53 Å². The highest BCUT2D eigenvalue weighted by Crippen LogP contribution is 2.44. The molecule has 2 aromatic carbocycles. The Morgan fingerprint density at radius 1 is 1.05 bits per heavy atom. The maximum absolute atomic E-state index is 12.2. The molecule has 1 aliphatic rings. The Morgan fingerprint density at radius 3 is 2.32 bits per heavy atom. The molecule has 112 valence electrons. The molecule has 0 fully saturated rings. The van der Waals surface area contributed by atoms with E-state index in [0.717, 1.165) is 16.0 Å². The molecule has 1 atom stereocenters. The van der Waals surface area contributed by atoms with Crippen LogP contribution >= 0.6 is 11.8 Å². The first-order valence-corrected chi connectivity index (χ1v) is 7.79. The van der Waals surface area contributed by atoms with Gasteiger partial charge in [0.2, 0.25) is 5.79 Å². The smallest absolute Gasteiger partial charge is 0.348 e. The molecular weight excluding hydrogens is 296 g/mol. The van der Waals surface area contributed by atoms with Crippen LogP contribution in [0.2, 0.25) is 0 Å². The van der Waals surface area contributed by atoms with E-state index in [1.807, 2.05) is 61.5 Å². The molecule has 1 aliphatic heterocycles. The number of aliphatic hydroxyl groups is 1. The zero-order chi connectivity index (χ0) is 15.7. The largest absolute Gasteiger partial charge is 0.425 e. The Balaban J connectivity index is 2.09. The van der Waals surface area contributed by atoms with Gasteiger partial charge >= 0.3 is 5.97 Å². The number of cyclic esters (lactones) is 1. The van der Waals surface area contributed by atoms with Gasteiger partial charge in [0.15, 0.2) is 0 Å². The topological polar surface area (TPSA) is 46.5 Å². The number of hydrogen-bond acceptors (Lipinski definition) is 4. The van der Waals surface area contributed by atoms with Crippen molar-refractivity contribution in [3.63, 3.8) is 0 Å². The monoisotopic (exact) mass is 312 g/mol. The Kier molecular flexibility index (Phi) is 3.81. The van der Waals surface area contributed by atoms with Crippen molar-refractivity contribution in [1.29, 1.82) is 0 Å². The maximum atomic E-state index is 12.2. The van der Waals surface area contributed by atoms with Gasteiger partial charge in [-0.1, -0.05) is 59.8 Å². The van der Waals surface area contributed by atoms with E-state index in [1.54, 1.807) is 0 Å². The van der Waals surface area contributed by atoms with E-state index in [0.29, 0.717) is 10.5 Å². The van der Waals surface area contributed by atoms with Crippen molar-refractivity contribution in [2.45, 2.75) is 24.5 Å². The van der Waals surface area contributed by atoms with Crippen molar-refractivity contribution in [2.75, 3.05) is 0 Å². The molecule has 0 amide bonds. The molecule has 1 unspecified atom stereocenters. The Morgan fingerprint density at radius 2 is 1.68 bits per heavy atom. The van der Waals surface area contributed by atoms with Crippen LogP contribution in [0.15, 0.2) is 64.4 Å². The van der Waals surface area contributed by atoms with Crippen molar-refractivity contribution in [3.8, 4) is 0 Å². The van der Waals surface area contributed by atoms with Crippen molar-refractivity contribution in [1.82, 2.24) is 0 Å². The highest BCUT2D eigenvalue weighted by molar-refractivity contribution is 8.04. The summed E-state index contributed by atoms with van der Waals surface area (Å²) in [6.07, 6.45) is 0. The molecule has 4 heteroatoms. The van der Waals surface area contributed by atoms with Gasteiger partial charge in [0.1, 0.15) is 4.91 Å². The molecule has 0 saturated carbocycles. The highest BCUT2D eigenvalue weighted by Gasteiger charge is 2.43. The zero-order valence-electron chi connectivity index (χ0n) is 12.4. The minimum atomic E-state index is -1.61.